The zero-order valence-corrected chi connectivity index (χ0v) is 22.5. The van der Waals surface area contributed by atoms with Gasteiger partial charge in [0, 0.05) is 38.3 Å². The molecule has 2 fully saturated rings. The Morgan fingerprint density at radius 2 is 1.83 bits per heavy atom. The normalized spacial score (nSPS) is 20.6. The van der Waals surface area contributed by atoms with E-state index in [1.807, 2.05) is 5.01 Å². The van der Waals surface area contributed by atoms with E-state index in [1.165, 1.54) is 11.1 Å². The molecule has 0 radical (unpaired) electrons. The molecule has 1 unspecified atom stereocenters. The Labute approximate surface area is 215 Å². The lowest BCUT2D eigenvalue weighted by molar-refractivity contribution is -0.158. The van der Waals surface area contributed by atoms with Crippen LogP contribution in [-0.2, 0) is 19.6 Å². The lowest BCUT2D eigenvalue weighted by atomic mass is 10.2. The van der Waals surface area contributed by atoms with Crippen molar-refractivity contribution in [2.45, 2.75) is 81.9 Å². The van der Waals surface area contributed by atoms with Crippen molar-refractivity contribution in [3.63, 3.8) is 0 Å². The number of unbranched alkanes of at least 4 members (excludes halogenated alkanes) is 3. The number of amides is 2. The Bertz CT molecular complexity index is 980. The van der Waals surface area contributed by atoms with E-state index in [1.54, 1.807) is 23.4 Å². The van der Waals surface area contributed by atoms with Gasteiger partial charge in [0.2, 0.25) is 21.8 Å². The van der Waals surface area contributed by atoms with Gasteiger partial charge in [-0.25, -0.2) is 13.4 Å². The number of benzene rings is 1. The maximum Gasteiger partial charge on any atom is 0.245 e. The van der Waals surface area contributed by atoms with Gasteiger partial charge in [-0.15, -0.1) is 11.6 Å². The van der Waals surface area contributed by atoms with E-state index in [-0.39, 0.29) is 35.1 Å². The van der Waals surface area contributed by atoms with E-state index < -0.39 is 10.0 Å². The molecular weight excluding hydrogens is 488 g/mol. The number of nitrogens with one attached hydrogen (secondary N) is 1. The number of hydrogen-bond acceptors (Lipinski definition) is 5. The SMILES string of the molecule is CCCCCCN1CC(Cl)CC(=O)N1CC(=O)Nc1ccc(C)c(S(=O)(=O)N2CCCCCC2)c1. The molecule has 0 aliphatic carbocycles. The van der Waals surface area contributed by atoms with Crippen molar-refractivity contribution in [1.29, 1.82) is 0 Å². The molecule has 10 heteroatoms. The molecule has 0 bridgehead atoms. The predicted molar refractivity (Wildman–Crippen MR) is 139 cm³/mol. The summed E-state index contributed by atoms with van der Waals surface area (Å²) in [6.45, 7) is 6.02. The molecule has 2 aliphatic heterocycles. The Balaban J connectivity index is 1.69. The number of rotatable bonds is 10. The van der Waals surface area contributed by atoms with Gasteiger partial charge in [-0.05, 0) is 43.9 Å². The van der Waals surface area contributed by atoms with Crippen molar-refractivity contribution < 1.29 is 18.0 Å². The van der Waals surface area contributed by atoms with Gasteiger partial charge in [0.15, 0.2) is 0 Å². The number of anilines is 1. The summed E-state index contributed by atoms with van der Waals surface area (Å²) in [6, 6.07) is 4.94. The third kappa shape index (κ3) is 7.65. The highest BCUT2D eigenvalue weighted by molar-refractivity contribution is 7.89. The van der Waals surface area contributed by atoms with Crippen LogP contribution >= 0.6 is 11.6 Å². The first-order chi connectivity index (χ1) is 16.7. The molecule has 0 saturated carbocycles. The fourth-order valence-electron chi connectivity index (χ4n) is 4.68. The number of hydrogen-bond donors (Lipinski definition) is 1. The summed E-state index contributed by atoms with van der Waals surface area (Å²) in [5.74, 6) is -0.540. The Kier molecular flexibility index (Phi) is 10.4. The van der Waals surface area contributed by atoms with Crippen molar-refractivity contribution in [2.75, 3.05) is 38.0 Å². The standard InChI is InChI=1S/C25H39ClN4O4S/c1-3-4-5-8-13-28-18-21(26)16-25(32)30(28)19-24(31)27-22-12-11-20(2)23(17-22)35(33,34)29-14-9-6-7-10-15-29/h11-12,17,21H,3-10,13-16,18-19H2,1-2H3,(H,27,31). The third-order valence-corrected chi connectivity index (χ3v) is 8.99. The van der Waals surface area contributed by atoms with Crippen molar-refractivity contribution in [2.24, 2.45) is 0 Å². The summed E-state index contributed by atoms with van der Waals surface area (Å²) >= 11 is 6.28. The molecule has 2 aliphatic rings. The summed E-state index contributed by atoms with van der Waals surface area (Å²) < 4.78 is 28.2. The van der Waals surface area contributed by atoms with Gasteiger partial charge < -0.3 is 5.32 Å². The van der Waals surface area contributed by atoms with E-state index in [9.17, 15) is 18.0 Å². The van der Waals surface area contributed by atoms with E-state index >= 15 is 0 Å². The van der Waals surface area contributed by atoms with Crippen LogP contribution in [0, 0.1) is 6.92 Å². The zero-order valence-electron chi connectivity index (χ0n) is 21.0. The van der Waals surface area contributed by atoms with Crippen molar-refractivity contribution in [3.05, 3.63) is 23.8 Å². The second-order valence-electron chi connectivity index (χ2n) is 9.57. The van der Waals surface area contributed by atoms with E-state index in [2.05, 4.69) is 12.2 Å². The second kappa shape index (κ2) is 13.0. The molecule has 2 saturated heterocycles. The lowest BCUT2D eigenvalue weighted by Gasteiger charge is -2.40. The average molecular weight is 527 g/mol. The molecule has 1 N–H and O–H groups in total. The molecule has 196 valence electrons. The van der Waals surface area contributed by atoms with Crippen LogP contribution in [0.2, 0.25) is 0 Å². The van der Waals surface area contributed by atoms with Gasteiger partial charge in [-0.2, -0.15) is 4.31 Å². The van der Waals surface area contributed by atoms with Crippen LogP contribution in [0.5, 0.6) is 0 Å². The highest BCUT2D eigenvalue weighted by Crippen LogP contribution is 2.26. The van der Waals surface area contributed by atoms with Gasteiger partial charge in [0.25, 0.3) is 0 Å². The minimum Gasteiger partial charge on any atom is -0.324 e. The lowest BCUT2D eigenvalue weighted by Crippen LogP contribution is -2.56. The summed E-state index contributed by atoms with van der Waals surface area (Å²) in [6.07, 6.45) is 8.23. The van der Waals surface area contributed by atoms with Gasteiger partial charge in [0.1, 0.15) is 6.54 Å². The van der Waals surface area contributed by atoms with Gasteiger partial charge >= 0.3 is 0 Å². The van der Waals surface area contributed by atoms with Crippen LogP contribution in [0.1, 0.15) is 70.3 Å². The maximum absolute atomic E-state index is 13.3. The third-order valence-electron chi connectivity index (χ3n) is 6.65. The number of carbonyl (C=O) groups excluding carboxylic acids is 2. The van der Waals surface area contributed by atoms with E-state index in [4.69, 9.17) is 11.6 Å². The first-order valence-electron chi connectivity index (χ1n) is 12.8. The molecule has 8 nitrogen and oxygen atoms in total. The monoisotopic (exact) mass is 526 g/mol. The van der Waals surface area contributed by atoms with Gasteiger partial charge in [-0.1, -0.05) is 45.1 Å². The molecule has 3 rings (SSSR count). The maximum atomic E-state index is 13.3. The predicted octanol–water partition coefficient (Wildman–Crippen LogP) is 4.14. The largest absolute Gasteiger partial charge is 0.324 e. The molecule has 1 aromatic carbocycles. The summed E-state index contributed by atoms with van der Waals surface area (Å²) in [5, 5.41) is 5.90. The zero-order chi connectivity index (χ0) is 25.4. The number of sulfonamides is 1. The van der Waals surface area contributed by atoms with Crippen LogP contribution in [0.3, 0.4) is 0 Å². The molecule has 0 aromatic heterocycles. The minimum atomic E-state index is -3.65. The number of hydrazine groups is 1. The number of nitrogens with zero attached hydrogens (tertiary/aromatic N) is 3. The molecule has 1 aromatic rings. The first-order valence-corrected chi connectivity index (χ1v) is 14.7. The first kappa shape index (κ1) is 27.9. The second-order valence-corrected chi connectivity index (χ2v) is 12.1. The number of alkyl halides is 1. The van der Waals surface area contributed by atoms with E-state index in [0.717, 1.165) is 51.4 Å². The molecule has 1 atom stereocenters. The average Bonchev–Trinajstić information content (AvgIpc) is 3.10. The highest BCUT2D eigenvalue weighted by atomic mass is 35.5. The van der Waals surface area contributed by atoms with Crippen molar-refractivity contribution in [3.8, 4) is 0 Å². The van der Waals surface area contributed by atoms with Crippen LogP contribution in [0.25, 0.3) is 0 Å². The molecule has 2 heterocycles. The van der Waals surface area contributed by atoms with Crippen LogP contribution in [0.4, 0.5) is 5.69 Å². The Hall–Kier alpha value is -1.68. The fourth-order valence-corrected chi connectivity index (χ4v) is 6.74. The van der Waals surface area contributed by atoms with Crippen LogP contribution in [-0.4, -0.2) is 72.7 Å². The molecule has 35 heavy (non-hydrogen) atoms. The number of halogens is 1. The number of aryl methyl sites for hydroxylation is 1. The molecular formula is C25H39ClN4O4S. The summed E-state index contributed by atoms with van der Waals surface area (Å²) in [7, 11) is -3.65. The van der Waals surface area contributed by atoms with Crippen molar-refractivity contribution >= 4 is 39.1 Å². The summed E-state index contributed by atoms with van der Waals surface area (Å²) in [5.41, 5.74) is 1.05. The fraction of sp³-hybridized carbons (Fsp3) is 0.680. The number of carbonyl (C=O) groups is 2. The van der Waals surface area contributed by atoms with Crippen LogP contribution < -0.4 is 5.32 Å². The van der Waals surface area contributed by atoms with Gasteiger partial charge in [-0.3, -0.25) is 14.6 Å². The highest BCUT2D eigenvalue weighted by Gasteiger charge is 2.32. The van der Waals surface area contributed by atoms with Crippen LogP contribution in [0.15, 0.2) is 23.1 Å². The Morgan fingerprint density at radius 3 is 2.51 bits per heavy atom. The molecule has 0 spiro atoms. The smallest absolute Gasteiger partial charge is 0.245 e. The van der Waals surface area contributed by atoms with Gasteiger partial charge in [0.05, 0.1) is 10.3 Å². The quantitative estimate of drug-likeness (QED) is 0.365. The Morgan fingerprint density at radius 1 is 1.11 bits per heavy atom. The van der Waals surface area contributed by atoms with Crippen molar-refractivity contribution in [1.82, 2.24) is 14.3 Å². The molecule has 2 amide bonds. The topological polar surface area (TPSA) is 90.0 Å². The summed E-state index contributed by atoms with van der Waals surface area (Å²) in [4.78, 5) is 25.8. The van der Waals surface area contributed by atoms with E-state index in [0.29, 0.717) is 37.4 Å². The minimum absolute atomic E-state index is 0.127.